The first kappa shape index (κ1) is 20.7. The van der Waals surface area contributed by atoms with E-state index in [0.29, 0.717) is 5.69 Å². The summed E-state index contributed by atoms with van der Waals surface area (Å²) in [5.41, 5.74) is 0.621. The Bertz CT molecular complexity index is 642. The third kappa shape index (κ3) is 6.58. The third-order valence-corrected chi connectivity index (χ3v) is 4.60. The molecule has 3 amide bonds. The molecule has 2 atom stereocenters. The lowest BCUT2D eigenvalue weighted by Crippen LogP contribution is -2.49. The van der Waals surface area contributed by atoms with Crippen molar-refractivity contribution in [2.75, 3.05) is 5.32 Å². The molecule has 7 heteroatoms. The predicted octanol–water partition coefficient (Wildman–Crippen LogP) is 2.82. The first-order valence-corrected chi connectivity index (χ1v) is 9.50. The smallest absolute Gasteiger partial charge is 0.329 e. The van der Waals surface area contributed by atoms with E-state index in [1.165, 1.54) is 0 Å². The molecule has 7 nitrogen and oxygen atoms in total. The second kappa shape index (κ2) is 9.94. The Morgan fingerprint density at radius 3 is 2.26 bits per heavy atom. The number of para-hydroxylation sites is 1. The van der Waals surface area contributed by atoms with E-state index in [4.69, 9.17) is 4.74 Å². The van der Waals surface area contributed by atoms with Gasteiger partial charge in [-0.1, -0.05) is 44.9 Å². The number of benzene rings is 1. The van der Waals surface area contributed by atoms with Crippen LogP contribution >= 0.6 is 0 Å². The number of rotatable bonds is 7. The number of hydrogen-bond acceptors (Lipinski definition) is 4. The van der Waals surface area contributed by atoms with Crippen molar-refractivity contribution in [2.24, 2.45) is 5.92 Å². The van der Waals surface area contributed by atoms with Crippen LogP contribution < -0.4 is 16.0 Å². The molecule has 1 aromatic rings. The van der Waals surface area contributed by atoms with Gasteiger partial charge in [-0.05, 0) is 37.8 Å². The lowest BCUT2D eigenvalue weighted by atomic mass is 10.0. The number of anilines is 1. The monoisotopic (exact) mass is 375 g/mol. The molecule has 0 heterocycles. The van der Waals surface area contributed by atoms with Crippen LogP contribution in [0.2, 0.25) is 0 Å². The zero-order valence-corrected chi connectivity index (χ0v) is 16.2. The van der Waals surface area contributed by atoms with Gasteiger partial charge in [0.25, 0.3) is 5.91 Å². The highest BCUT2D eigenvalue weighted by Gasteiger charge is 2.30. The normalized spacial score (nSPS) is 16.4. The molecule has 0 unspecified atom stereocenters. The maximum Gasteiger partial charge on any atom is 0.329 e. The van der Waals surface area contributed by atoms with Crippen molar-refractivity contribution in [1.29, 1.82) is 0 Å². The Kier molecular flexibility index (Phi) is 7.64. The van der Waals surface area contributed by atoms with Crippen molar-refractivity contribution in [3.8, 4) is 0 Å². The summed E-state index contributed by atoms with van der Waals surface area (Å²) in [6, 6.07) is 7.75. The summed E-state index contributed by atoms with van der Waals surface area (Å²) in [7, 11) is 0. The van der Waals surface area contributed by atoms with Crippen LogP contribution in [0.25, 0.3) is 0 Å². The van der Waals surface area contributed by atoms with E-state index < -0.39 is 24.1 Å². The van der Waals surface area contributed by atoms with Gasteiger partial charge in [0.05, 0.1) is 0 Å². The van der Waals surface area contributed by atoms with Crippen molar-refractivity contribution in [2.45, 2.75) is 64.6 Å². The highest BCUT2D eigenvalue weighted by molar-refractivity contribution is 5.93. The van der Waals surface area contributed by atoms with Crippen LogP contribution in [0.4, 0.5) is 10.5 Å². The summed E-state index contributed by atoms with van der Waals surface area (Å²) >= 11 is 0. The lowest BCUT2D eigenvalue weighted by Gasteiger charge is -2.23. The number of nitrogens with one attached hydrogen (secondary N) is 3. The van der Waals surface area contributed by atoms with Crippen LogP contribution in [0.5, 0.6) is 0 Å². The van der Waals surface area contributed by atoms with Crippen LogP contribution in [-0.4, -0.2) is 36.1 Å². The topological polar surface area (TPSA) is 96.5 Å². The molecule has 148 valence electrons. The minimum Gasteiger partial charge on any atom is -0.451 e. The van der Waals surface area contributed by atoms with Gasteiger partial charge in [0.2, 0.25) is 0 Å². The second-order valence-corrected chi connectivity index (χ2v) is 7.26. The molecule has 1 fully saturated rings. The molecule has 27 heavy (non-hydrogen) atoms. The van der Waals surface area contributed by atoms with E-state index in [2.05, 4.69) is 16.0 Å². The van der Waals surface area contributed by atoms with Crippen LogP contribution in [0, 0.1) is 5.92 Å². The van der Waals surface area contributed by atoms with Crippen LogP contribution in [0.15, 0.2) is 30.3 Å². The maximum absolute atomic E-state index is 12.5. The fourth-order valence-electron chi connectivity index (χ4n) is 3.02. The number of carbonyl (C=O) groups is 3. The first-order chi connectivity index (χ1) is 12.9. The quantitative estimate of drug-likeness (QED) is 0.639. The maximum atomic E-state index is 12.5. The molecule has 0 aliphatic heterocycles. The van der Waals surface area contributed by atoms with E-state index in [0.717, 1.165) is 25.7 Å². The Morgan fingerprint density at radius 2 is 1.67 bits per heavy atom. The van der Waals surface area contributed by atoms with Gasteiger partial charge < -0.3 is 20.7 Å². The molecule has 0 bridgehead atoms. The molecule has 1 saturated carbocycles. The van der Waals surface area contributed by atoms with Crippen LogP contribution in [-0.2, 0) is 14.3 Å². The average molecular weight is 375 g/mol. The number of esters is 1. The van der Waals surface area contributed by atoms with Crippen LogP contribution in [0.1, 0.15) is 46.5 Å². The van der Waals surface area contributed by atoms with Gasteiger partial charge in [-0.3, -0.25) is 4.79 Å². The number of urea groups is 1. The van der Waals surface area contributed by atoms with Gasteiger partial charge in [0.1, 0.15) is 6.04 Å². The van der Waals surface area contributed by atoms with Gasteiger partial charge in [-0.15, -0.1) is 0 Å². The van der Waals surface area contributed by atoms with E-state index in [1.807, 2.05) is 6.07 Å². The van der Waals surface area contributed by atoms with Gasteiger partial charge in [0, 0.05) is 11.7 Å². The summed E-state index contributed by atoms with van der Waals surface area (Å²) in [5, 5.41) is 8.20. The average Bonchev–Trinajstić information content (AvgIpc) is 3.13. The van der Waals surface area contributed by atoms with Crippen LogP contribution in [0.3, 0.4) is 0 Å². The number of amides is 3. The van der Waals surface area contributed by atoms with Gasteiger partial charge in [-0.25, -0.2) is 9.59 Å². The highest BCUT2D eigenvalue weighted by Crippen LogP contribution is 2.18. The Balaban J connectivity index is 1.87. The standard InChI is InChI=1S/C20H29N3O4/c1-13(2)17(23-20(26)22-16-9-5-4-6-10-16)19(25)27-14(3)18(24)21-15-11-7-8-12-15/h4-6,9-10,13-15,17H,7-8,11-12H2,1-3H3,(H,21,24)(H2,22,23,26)/t14-,17+/m1/s1. The van der Waals surface area contributed by atoms with E-state index in [-0.39, 0.29) is 17.9 Å². The van der Waals surface area contributed by atoms with Gasteiger partial charge in [0.15, 0.2) is 6.10 Å². The molecule has 1 aliphatic rings. The number of hydrogen-bond donors (Lipinski definition) is 3. The SMILES string of the molecule is CC(C)[C@H](NC(=O)Nc1ccccc1)C(=O)O[C@H](C)C(=O)NC1CCCC1. The number of carbonyl (C=O) groups excluding carboxylic acids is 3. The molecular weight excluding hydrogens is 346 g/mol. The van der Waals surface area contributed by atoms with Crippen molar-refractivity contribution < 1.29 is 19.1 Å². The summed E-state index contributed by atoms with van der Waals surface area (Å²) in [6.45, 7) is 5.15. The molecule has 0 aromatic heterocycles. The summed E-state index contributed by atoms with van der Waals surface area (Å²) in [5.74, 6) is -1.11. The summed E-state index contributed by atoms with van der Waals surface area (Å²) in [4.78, 5) is 36.9. The molecule has 2 rings (SSSR count). The molecule has 0 spiro atoms. The third-order valence-electron chi connectivity index (χ3n) is 4.60. The highest BCUT2D eigenvalue weighted by atomic mass is 16.5. The van der Waals surface area contributed by atoms with Crippen molar-refractivity contribution in [3.63, 3.8) is 0 Å². The number of ether oxygens (including phenoxy) is 1. The lowest BCUT2D eigenvalue weighted by molar-refractivity contribution is -0.157. The minimum absolute atomic E-state index is 0.161. The Hall–Kier alpha value is -2.57. The van der Waals surface area contributed by atoms with Gasteiger partial charge in [-0.2, -0.15) is 0 Å². The fraction of sp³-hybridized carbons (Fsp3) is 0.550. The Labute approximate surface area is 160 Å². The fourth-order valence-corrected chi connectivity index (χ4v) is 3.02. The molecular formula is C20H29N3O4. The molecule has 0 radical (unpaired) electrons. The minimum atomic E-state index is -0.904. The zero-order chi connectivity index (χ0) is 19.8. The summed E-state index contributed by atoms with van der Waals surface area (Å²) in [6.07, 6.45) is 3.23. The van der Waals surface area contributed by atoms with Crippen molar-refractivity contribution >= 4 is 23.6 Å². The van der Waals surface area contributed by atoms with E-state index in [9.17, 15) is 14.4 Å². The van der Waals surface area contributed by atoms with E-state index in [1.54, 1.807) is 45.0 Å². The van der Waals surface area contributed by atoms with Gasteiger partial charge >= 0.3 is 12.0 Å². The summed E-state index contributed by atoms with van der Waals surface area (Å²) < 4.78 is 5.30. The first-order valence-electron chi connectivity index (χ1n) is 9.50. The largest absolute Gasteiger partial charge is 0.451 e. The zero-order valence-electron chi connectivity index (χ0n) is 16.2. The predicted molar refractivity (Wildman–Crippen MR) is 103 cm³/mol. The van der Waals surface area contributed by atoms with Crippen molar-refractivity contribution in [3.05, 3.63) is 30.3 Å². The molecule has 1 aliphatic carbocycles. The molecule has 1 aromatic carbocycles. The molecule has 3 N–H and O–H groups in total. The molecule has 0 saturated heterocycles. The Morgan fingerprint density at radius 1 is 1.04 bits per heavy atom. The second-order valence-electron chi connectivity index (χ2n) is 7.26. The van der Waals surface area contributed by atoms with E-state index >= 15 is 0 Å². The van der Waals surface area contributed by atoms with Crippen molar-refractivity contribution in [1.82, 2.24) is 10.6 Å².